The second-order valence-corrected chi connectivity index (χ2v) is 6.33. The number of urea groups is 1. The van der Waals surface area contributed by atoms with E-state index in [4.69, 9.17) is 4.74 Å². The number of ether oxygens (including phenoxy) is 1. The molecule has 2 aliphatic rings. The molecule has 2 amide bonds. The van der Waals surface area contributed by atoms with Crippen molar-refractivity contribution in [3.63, 3.8) is 0 Å². The normalized spacial score (nSPS) is 20.8. The Kier molecular flexibility index (Phi) is 4.27. The quantitative estimate of drug-likeness (QED) is 0.848. The second-order valence-electron chi connectivity index (χ2n) is 5.41. The first-order valence-electron chi connectivity index (χ1n) is 7.14. The predicted molar refractivity (Wildman–Crippen MR) is 82.0 cm³/mol. The zero-order chi connectivity index (χ0) is 13.9. The number of hydrogen-bond donors (Lipinski definition) is 0. The highest BCUT2D eigenvalue weighted by atomic mass is 79.9. The molecule has 0 atom stereocenters. The van der Waals surface area contributed by atoms with Gasteiger partial charge in [0.05, 0.1) is 0 Å². The molecule has 108 valence electrons. The number of hydrogen-bond acceptors (Lipinski definition) is 2. The van der Waals surface area contributed by atoms with Gasteiger partial charge < -0.3 is 9.64 Å². The van der Waals surface area contributed by atoms with Gasteiger partial charge in [0, 0.05) is 43.0 Å². The van der Waals surface area contributed by atoms with Gasteiger partial charge in [-0.2, -0.15) is 0 Å². The summed E-state index contributed by atoms with van der Waals surface area (Å²) >= 11 is 3.42. The molecule has 0 saturated carbocycles. The summed E-state index contributed by atoms with van der Waals surface area (Å²) in [6, 6.07) is 8.06. The topological polar surface area (TPSA) is 32.8 Å². The Bertz CT molecular complexity index is 471. The van der Waals surface area contributed by atoms with Crippen LogP contribution in [0.1, 0.15) is 12.8 Å². The van der Waals surface area contributed by atoms with E-state index in [1.165, 1.54) is 0 Å². The standard InChI is InChI=1S/C15H19BrN2O2/c16-13-1-3-14(4-2-13)18-8-7-17(15(18)19)11-12-5-9-20-10-6-12/h1-4,12H,5-11H2. The molecule has 2 saturated heterocycles. The van der Waals surface area contributed by atoms with Gasteiger partial charge in [0.1, 0.15) is 0 Å². The van der Waals surface area contributed by atoms with E-state index in [0.717, 1.165) is 55.8 Å². The van der Waals surface area contributed by atoms with Crippen molar-refractivity contribution in [2.24, 2.45) is 5.92 Å². The third-order valence-corrected chi connectivity index (χ3v) is 4.58. The highest BCUT2D eigenvalue weighted by Gasteiger charge is 2.31. The SMILES string of the molecule is O=C1N(CC2CCOCC2)CCN1c1ccc(Br)cc1. The van der Waals surface area contributed by atoms with Gasteiger partial charge >= 0.3 is 6.03 Å². The highest BCUT2D eigenvalue weighted by molar-refractivity contribution is 9.10. The summed E-state index contributed by atoms with van der Waals surface area (Å²) in [6.07, 6.45) is 2.14. The van der Waals surface area contributed by atoms with Gasteiger partial charge in [0.25, 0.3) is 0 Å². The van der Waals surface area contributed by atoms with Crippen LogP contribution >= 0.6 is 15.9 Å². The van der Waals surface area contributed by atoms with Gasteiger partial charge in [-0.3, -0.25) is 4.90 Å². The molecule has 5 heteroatoms. The average molecular weight is 339 g/mol. The first kappa shape index (κ1) is 13.9. The zero-order valence-electron chi connectivity index (χ0n) is 11.4. The predicted octanol–water partition coefficient (Wildman–Crippen LogP) is 3.12. The van der Waals surface area contributed by atoms with Crippen molar-refractivity contribution in [3.05, 3.63) is 28.7 Å². The third-order valence-electron chi connectivity index (χ3n) is 4.05. The molecule has 1 aromatic carbocycles. The number of carbonyl (C=O) groups excluding carboxylic acids is 1. The largest absolute Gasteiger partial charge is 0.381 e. The van der Waals surface area contributed by atoms with Crippen LogP contribution in [0.3, 0.4) is 0 Å². The minimum absolute atomic E-state index is 0.138. The third kappa shape index (κ3) is 2.99. The zero-order valence-corrected chi connectivity index (χ0v) is 13.0. The fourth-order valence-corrected chi connectivity index (χ4v) is 3.12. The van der Waals surface area contributed by atoms with Gasteiger partial charge in [-0.1, -0.05) is 15.9 Å². The van der Waals surface area contributed by atoms with Crippen LogP contribution in [0.5, 0.6) is 0 Å². The molecule has 3 rings (SSSR count). The Morgan fingerprint density at radius 2 is 1.85 bits per heavy atom. The fourth-order valence-electron chi connectivity index (χ4n) is 2.85. The van der Waals surface area contributed by atoms with E-state index in [0.29, 0.717) is 5.92 Å². The van der Waals surface area contributed by atoms with E-state index in [-0.39, 0.29) is 6.03 Å². The van der Waals surface area contributed by atoms with Crippen molar-refractivity contribution >= 4 is 27.6 Å². The number of benzene rings is 1. The molecule has 0 unspecified atom stereocenters. The lowest BCUT2D eigenvalue weighted by Gasteiger charge is -2.27. The molecule has 0 radical (unpaired) electrons. The van der Waals surface area contributed by atoms with Crippen molar-refractivity contribution < 1.29 is 9.53 Å². The number of amides is 2. The molecule has 2 aliphatic heterocycles. The summed E-state index contributed by atoms with van der Waals surface area (Å²) in [5, 5.41) is 0. The lowest BCUT2D eigenvalue weighted by atomic mass is 10.00. The van der Waals surface area contributed by atoms with Crippen LogP contribution in [0.15, 0.2) is 28.7 Å². The van der Waals surface area contributed by atoms with Gasteiger partial charge in [-0.05, 0) is 43.0 Å². The van der Waals surface area contributed by atoms with E-state index >= 15 is 0 Å². The molecular formula is C15H19BrN2O2. The summed E-state index contributed by atoms with van der Waals surface area (Å²) < 4.78 is 6.41. The van der Waals surface area contributed by atoms with Crippen molar-refractivity contribution in [2.75, 3.05) is 37.7 Å². The maximum Gasteiger partial charge on any atom is 0.324 e. The maximum absolute atomic E-state index is 12.5. The maximum atomic E-state index is 12.5. The van der Waals surface area contributed by atoms with Crippen LogP contribution in [-0.2, 0) is 4.74 Å². The fraction of sp³-hybridized carbons (Fsp3) is 0.533. The van der Waals surface area contributed by atoms with Crippen LogP contribution in [-0.4, -0.2) is 43.8 Å². The molecule has 2 fully saturated rings. The average Bonchev–Trinajstić information content (AvgIpc) is 2.83. The van der Waals surface area contributed by atoms with Gasteiger partial charge in [-0.15, -0.1) is 0 Å². The molecule has 0 N–H and O–H groups in total. The van der Waals surface area contributed by atoms with Crippen LogP contribution < -0.4 is 4.90 Å². The van der Waals surface area contributed by atoms with Gasteiger partial charge in [0.2, 0.25) is 0 Å². The summed E-state index contributed by atoms with van der Waals surface area (Å²) in [5.41, 5.74) is 0.979. The smallest absolute Gasteiger partial charge is 0.324 e. The molecule has 0 bridgehead atoms. The summed E-state index contributed by atoms with van der Waals surface area (Å²) in [7, 11) is 0. The molecule has 0 aromatic heterocycles. The first-order chi connectivity index (χ1) is 9.74. The number of anilines is 1. The summed E-state index contributed by atoms with van der Waals surface area (Å²) in [5.74, 6) is 0.595. The number of halogens is 1. The van der Waals surface area contributed by atoms with E-state index in [1.54, 1.807) is 0 Å². The minimum atomic E-state index is 0.138. The number of nitrogens with zero attached hydrogens (tertiary/aromatic N) is 2. The van der Waals surface area contributed by atoms with Crippen molar-refractivity contribution in [3.8, 4) is 0 Å². The van der Waals surface area contributed by atoms with Gasteiger partial charge in [0.15, 0.2) is 0 Å². The lowest BCUT2D eigenvalue weighted by Crippen LogP contribution is -2.36. The molecule has 20 heavy (non-hydrogen) atoms. The Morgan fingerprint density at radius 1 is 1.15 bits per heavy atom. The van der Waals surface area contributed by atoms with Crippen molar-refractivity contribution in [1.82, 2.24) is 4.90 Å². The molecule has 2 heterocycles. The lowest BCUT2D eigenvalue weighted by molar-refractivity contribution is 0.0584. The van der Waals surface area contributed by atoms with E-state index in [1.807, 2.05) is 34.1 Å². The van der Waals surface area contributed by atoms with Crippen molar-refractivity contribution in [1.29, 1.82) is 0 Å². The first-order valence-corrected chi connectivity index (χ1v) is 7.93. The Hall–Kier alpha value is -1.07. The number of carbonyl (C=O) groups is 1. The molecular weight excluding hydrogens is 320 g/mol. The molecule has 0 aliphatic carbocycles. The van der Waals surface area contributed by atoms with E-state index in [2.05, 4.69) is 15.9 Å². The molecule has 4 nitrogen and oxygen atoms in total. The van der Waals surface area contributed by atoms with E-state index < -0.39 is 0 Å². The monoisotopic (exact) mass is 338 g/mol. The van der Waals surface area contributed by atoms with Gasteiger partial charge in [-0.25, -0.2) is 4.79 Å². The van der Waals surface area contributed by atoms with Crippen molar-refractivity contribution in [2.45, 2.75) is 12.8 Å². The summed E-state index contributed by atoms with van der Waals surface area (Å²) in [4.78, 5) is 16.3. The van der Waals surface area contributed by atoms with E-state index in [9.17, 15) is 4.79 Å². The minimum Gasteiger partial charge on any atom is -0.381 e. The van der Waals surface area contributed by atoms with Crippen LogP contribution in [0.2, 0.25) is 0 Å². The van der Waals surface area contributed by atoms with Crippen LogP contribution in [0.25, 0.3) is 0 Å². The Morgan fingerprint density at radius 3 is 2.55 bits per heavy atom. The Balaban J connectivity index is 1.63. The molecule has 0 spiro atoms. The second kappa shape index (κ2) is 6.14. The Labute approximate surface area is 127 Å². The van der Waals surface area contributed by atoms with Crippen LogP contribution in [0, 0.1) is 5.92 Å². The summed E-state index contributed by atoms with van der Waals surface area (Å²) in [6.45, 7) is 4.15. The molecule has 1 aromatic rings. The number of rotatable bonds is 3. The van der Waals surface area contributed by atoms with Crippen LogP contribution in [0.4, 0.5) is 10.5 Å². The highest BCUT2D eigenvalue weighted by Crippen LogP contribution is 2.24.